The molecular formula is C14H16BrNS. The average molecular weight is 310 g/mol. The van der Waals surface area contributed by atoms with Crippen molar-refractivity contribution in [2.45, 2.75) is 19.4 Å². The topological polar surface area (TPSA) is 12.0 Å². The number of halogens is 1. The smallest absolute Gasteiger partial charge is 0.0370 e. The first-order valence-corrected chi connectivity index (χ1v) is 7.38. The molecule has 1 atom stereocenters. The van der Waals surface area contributed by atoms with Crippen molar-refractivity contribution in [3.8, 4) is 0 Å². The lowest BCUT2D eigenvalue weighted by atomic mass is 9.99. The van der Waals surface area contributed by atoms with Crippen LogP contribution in [0.4, 0.5) is 0 Å². The van der Waals surface area contributed by atoms with Crippen LogP contribution in [0.2, 0.25) is 0 Å². The van der Waals surface area contributed by atoms with E-state index in [1.54, 1.807) is 11.3 Å². The minimum Gasteiger partial charge on any atom is -0.313 e. The first-order chi connectivity index (χ1) is 8.20. The number of hydrogen-bond donors (Lipinski definition) is 1. The molecule has 0 aliphatic rings. The molecule has 0 bridgehead atoms. The number of thiophene rings is 1. The van der Waals surface area contributed by atoms with Crippen molar-refractivity contribution < 1.29 is 0 Å². The van der Waals surface area contributed by atoms with Crippen molar-refractivity contribution in [3.05, 3.63) is 56.2 Å². The molecule has 0 amide bonds. The summed E-state index contributed by atoms with van der Waals surface area (Å²) in [6.07, 6.45) is 1.03. The van der Waals surface area contributed by atoms with Gasteiger partial charge in [0.15, 0.2) is 0 Å². The Labute approximate surface area is 115 Å². The molecule has 3 heteroatoms. The zero-order chi connectivity index (χ0) is 12.3. The van der Waals surface area contributed by atoms with Gasteiger partial charge in [-0.05, 0) is 54.4 Å². The Kier molecular flexibility index (Phi) is 4.37. The van der Waals surface area contributed by atoms with Gasteiger partial charge in [-0.3, -0.25) is 0 Å². The van der Waals surface area contributed by atoms with E-state index in [0.717, 1.165) is 6.42 Å². The van der Waals surface area contributed by atoms with E-state index in [1.165, 1.54) is 21.2 Å². The Hall–Kier alpha value is -0.640. The number of likely N-dealkylation sites (N-methyl/N-ethyl adjacent to an activating group) is 1. The molecule has 1 N–H and O–H groups in total. The van der Waals surface area contributed by atoms with Gasteiger partial charge in [-0.15, -0.1) is 0 Å². The van der Waals surface area contributed by atoms with Crippen LogP contribution in [0.3, 0.4) is 0 Å². The van der Waals surface area contributed by atoms with Gasteiger partial charge in [0, 0.05) is 10.5 Å². The lowest BCUT2D eigenvalue weighted by molar-refractivity contribution is 0.590. The fourth-order valence-electron chi connectivity index (χ4n) is 1.94. The number of rotatable bonds is 4. The summed E-state index contributed by atoms with van der Waals surface area (Å²) in [7, 11) is 2.02. The standard InChI is InChI=1S/C14H16BrNS/c1-10-3-4-13(15)12(7-10)14(16-2)8-11-5-6-17-9-11/h3-7,9,14,16H,8H2,1-2H3. The molecule has 17 heavy (non-hydrogen) atoms. The predicted molar refractivity (Wildman–Crippen MR) is 78.7 cm³/mol. The highest BCUT2D eigenvalue weighted by Gasteiger charge is 2.13. The molecule has 90 valence electrons. The molecule has 0 radical (unpaired) electrons. The van der Waals surface area contributed by atoms with Crippen LogP contribution in [0.1, 0.15) is 22.7 Å². The second-order valence-corrected chi connectivity index (χ2v) is 5.84. The van der Waals surface area contributed by atoms with Crippen LogP contribution in [-0.4, -0.2) is 7.05 Å². The molecule has 2 rings (SSSR count). The van der Waals surface area contributed by atoms with E-state index in [-0.39, 0.29) is 0 Å². The summed E-state index contributed by atoms with van der Waals surface area (Å²) >= 11 is 5.39. The Balaban J connectivity index is 2.25. The molecule has 0 saturated carbocycles. The lowest BCUT2D eigenvalue weighted by Crippen LogP contribution is -2.19. The maximum absolute atomic E-state index is 3.64. The highest BCUT2D eigenvalue weighted by molar-refractivity contribution is 9.10. The van der Waals surface area contributed by atoms with E-state index in [9.17, 15) is 0 Å². The summed E-state index contributed by atoms with van der Waals surface area (Å²) in [4.78, 5) is 0. The average Bonchev–Trinajstić information content (AvgIpc) is 2.82. The van der Waals surface area contributed by atoms with E-state index in [2.05, 4.69) is 63.2 Å². The predicted octanol–water partition coefficient (Wildman–Crippen LogP) is 4.32. The summed E-state index contributed by atoms with van der Waals surface area (Å²) in [5.74, 6) is 0. The summed E-state index contributed by atoms with van der Waals surface area (Å²) in [6, 6.07) is 9.06. The van der Waals surface area contributed by atoms with Crippen LogP contribution in [-0.2, 0) is 6.42 Å². The molecular weight excluding hydrogens is 294 g/mol. The molecule has 1 aromatic carbocycles. The van der Waals surface area contributed by atoms with Crippen LogP contribution >= 0.6 is 27.3 Å². The third-order valence-corrected chi connectivity index (χ3v) is 4.35. The Morgan fingerprint density at radius 3 is 2.82 bits per heavy atom. The van der Waals surface area contributed by atoms with Crippen LogP contribution in [0.15, 0.2) is 39.5 Å². The summed E-state index contributed by atoms with van der Waals surface area (Å²) in [5.41, 5.74) is 4.02. The van der Waals surface area contributed by atoms with Crippen molar-refractivity contribution in [1.82, 2.24) is 5.32 Å². The molecule has 0 saturated heterocycles. The molecule has 2 aromatic rings. The van der Waals surface area contributed by atoms with E-state index in [4.69, 9.17) is 0 Å². The minimum atomic E-state index is 0.360. The van der Waals surface area contributed by atoms with Crippen LogP contribution < -0.4 is 5.32 Å². The second kappa shape index (κ2) is 5.80. The van der Waals surface area contributed by atoms with E-state index < -0.39 is 0 Å². The van der Waals surface area contributed by atoms with Gasteiger partial charge in [-0.25, -0.2) is 0 Å². The largest absolute Gasteiger partial charge is 0.313 e. The van der Waals surface area contributed by atoms with Crippen molar-refractivity contribution in [1.29, 1.82) is 0 Å². The molecule has 0 fully saturated rings. The van der Waals surface area contributed by atoms with Gasteiger partial charge in [-0.1, -0.05) is 33.6 Å². The van der Waals surface area contributed by atoms with Crippen LogP contribution in [0.5, 0.6) is 0 Å². The van der Waals surface area contributed by atoms with Gasteiger partial charge < -0.3 is 5.32 Å². The van der Waals surface area contributed by atoms with Crippen molar-refractivity contribution in [2.75, 3.05) is 7.05 Å². The quantitative estimate of drug-likeness (QED) is 0.886. The number of benzene rings is 1. The maximum atomic E-state index is 3.64. The summed E-state index contributed by atoms with van der Waals surface area (Å²) in [5, 5.41) is 7.75. The van der Waals surface area contributed by atoms with E-state index in [1.807, 2.05) is 7.05 Å². The highest BCUT2D eigenvalue weighted by Crippen LogP contribution is 2.27. The number of hydrogen-bond acceptors (Lipinski definition) is 2. The van der Waals surface area contributed by atoms with Crippen molar-refractivity contribution in [3.63, 3.8) is 0 Å². The Morgan fingerprint density at radius 1 is 1.35 bits per heavy atom. The minimum absolute atomic E-state index is 0.360. The van der Waals surface area contributed by atoms with E-state index >= 15 is 0 Å². The molecule has 0 spiro atoms. The summed E-state index contributed by atoms with van der Waals surface area (Å²) < 4.78 is 1.18. The number of aryl methyl sites for hydroxylation is 1. The Morgan fingerprint density at radius 2 is 2.18 bits per heavy atom. The SMILES string of the molecule is CNC(Cc1ccsc1)c1cc(C)ccc1Br. The lowest BCUT2D eigenvalue weighted by Gasteiger charge is -2.18. The maximum Gasteiger partial charge on any atom is 0.0370 e. The molecule has 1 heterocycles. The van der Waals surface area contributed by atoms with Gasteiger partial charge in [0.05, 0.1) is 0 Å². The van der Waals surface area contributed by atoms with E-state index in [0.29, 0.717) is 6.04 Å². The zero-order valence-electron chi connectivity index (χ0n) is 10.0. The highest BCUT2D eigenvalue weighted by atomic mass is 79.9. The zero-order valence-corrected chi connectivity index (χ0v) is 12.4. The molecule has 1 unspecified atom stereocenters. The van der Waals surface area contributed by atoms with Gasteiger partial charge >= 0.3 is 0 Å². The fraction of sp³-hybridized carbons (Fsp3) is 0.286. The first kappa shape index (κ1) is 12.8. The van der Waals surface area contributed by atoms with Crippen LogP contribution in [0.25, 0.3) is 0 Å². The first-order valence-electron chi connectivity index (χ1n) is 5.65. The monoisotopic (exact) mass is 309 g/mol. The second-order valence-electron chi connectivity index (χ2n) is 4.20. The molecule has 1 aromatic heterocycles. The third kappa shape index (κ3) is 3.18. The number of nitrogens with one attached hydrogen (secondary N) is 1. The Bertz CT molecular complexity index is 479. The summed E-state index contributed by atoms with van der Waals surface area (Å²) in [6.45, 7) is 2.13. The van der Waals surface area contributed by atoms with Gasteiger partial charge in [0.2, 0.25) is 0 Å². The van der Waals surface area contributed by atoms with Crippen molar-refractivity contribution >= 4 is 27.3 Å². The molecule has 1 nitrogen and oxygen atoms in total. The third-order valence-electron chi connectivity index (χ3n) is 2.90. The van der Waals surface area contributed by atoms with Gasteiger partial charge in [-0.2, -0.15) is 11.3 Å². The molecule has 0 aliphatic carbocycles. The van der Waals surface area contributed by atoms with Gasteiger partial charge in [0.1, 0.15) is 0 Å². The van der Waals surface area contributed by atoms with Crippen molar-refractivity contribution in [2.24, 2.45) is 0 Å². The van der Waals surface area contributed by atoms with Gasteiger partial charge in [0.25, 0.3) is 0 Å². The molecule has 0 aliphatic heterocycles. The fourth-order valence-corrected chi connectivity index (χ4v) is 3.15. The van der Waals surface area contributed by atoms with Crippen LogP contribution in [0, 0.1) is 6.92 Å². The normalized spacial score (nSPS) is 12.6.